The molecule has 0 spiro atoms. The molecule has 0 aromatic heterocycles. The molecule has 22 heavy (non-hydrogen) atoms. The van der Waals surface area contributed by atoms with Crippen molar-refractivity contribution in [3.63, 3.8) is 0 Å². The van der Waals surface area contributed by atoms with Gasteiger partial charge in [-0.05, 0) is 37.6 Å². The first-order valence-electron chi connectivity index (χ1n) is 7.59. The van der Waals surface area contributed by atoms with E-state index in [1.54, 1.807) is 6.07 Å². The molecule has 2 fully saturated rings. The number of hydrogen-bond donors (Lipinski definition) is 1. The van der Waals surface area contributed by atoms with Gasteiger partial charge in [-0.2, -0.15) is 0 Å². The minimum Gasteiger partial charge on any atom is -0.381 e. The highest BCUT2D eigenvalue weighted by atomic mass is 19.2. The number of amides is 1. The number of carbonyl (C=O) groups excluding carboxylic acids is 1. The fraction of sp³-hybridized carbons (Fsp3) is 0.562. The number of nitrogens with zero attached hydrogens (tertiary/aromatic N) is 1. The van der Waals surface area contributed by atoms with E-state index >= 15 is 0 Å². The minimum absolute atomic E-state index is 0.00890. The Bertz CT molecular complexity index is 561. The van der Waals surface area contributed by atoms with Crippen molar-refractivity contribution in [2.45, 2.75) is 24.9 Å². The number of carbonyl (C=O) groups is 1. The highest BCUT2D eigenvalue weighted by molar-refractivity contribution is 5.79. The smallest absolute Gasteiger partial charge is 0.225 e. The van der Waals surface area contributed by atoms with Crippen LogP contribution in [-0.4, -0.2) is 43.7 Å². The number of hydrogen-bond acceptors (Lipinski definition) is 3. The van der Waals surface area contributed by atoms with Gasteiger partial charge in [-0.15, -0.1) is 0 Å². The fourth-order valence-corrected chi connectivity index (χ4v) is 3.32. The predicted octanol–water partition coefficient (Wildman–Crippen LogP) is 1.86. The molecular formula is C16H20F2N2O2. The summed E-state index contributed by atoms with van der Waals surface area (Å²) in [7, 11) is 1.93. The quantitative estimate of drug-likeness (QED) is 0.926. The van der Waals surface area contributed by atoms with Gasteiger partial charge in [0.25, 0.3) is 0 Å². The number of halogens is 2. The zero-order chi connectivity index (χ0) is 15.7. The third kappa shape index (κ3) is 2.98. The van der Waals surface area contributed by atoms with E-state index in [9.17, 15) is 13.6 Å². The fourth-order valence-electron chi connectivity index (χ4n) is 3.32. The van der Waals surface area contributed by atoms with Gasteiger partial charge in [0.15, 0.2) is 11.6 Å². The van der Waals surface area contributed by atoms with Crippen LogP contribution in [0.15, 0.2) is 18.2 Å². The van der Waals surface area contributed by atoms with E-state index < -0.39 is 11.6 Å². The average molecular weight is 310 g/mol. The lowest BCUT2D eigenvalue weighted by molar-refractivity contribution is -0.125. The van der Waals surface area contributed by atoms with Crippen molar-refractivity contribution in [2.75, 3.05) is 26.8 Å². The molecule has 0 saturated carbocycles. The van der Waals surface area contributed by atoms with Crippen LogP contribution in [0.2, 0.25) is 0 Å². The molecule has 3 atom stereocenters. The Balaban J connectivity index is 1.75. The molecule has 1 N–H and O–H groups in total. The summed E-state index contributed by atoms with van der Waals surface area (Å²) in [6.45, 7) is 1.88. The Kier molecular flexibility index (Phi) is 4.40. The zero-order valence-electron chi connectivity index (χ0n) is 12.5. The lowest BCUT2D eigenvalue weighted by atomic mass is 9.98. The lowest BCUT2D eigenvalue weighted by Crippen LogP contribution is -2.42. The maximum atomic E-state index is 13.5. The normalized spacial score (nSPS) is 29.0. The van der Waals surface area contributed by atoms with E-state index in [4.69, 9.17) is 4.74 Å². The Morgan fingerprint density at radius 1 is 1.32 bits per heavy atom. The van der Waals surface area contributed by atoms with Crippen LogP contribution in [0.3, 0.4) is 0 Å². The molecular weight excluding hydrogens is 290 g/mol. The molecule has 1 aromatic rings. The third-order valence-electron chi connectivity index (χ3n) is 4.56. The van der Waals surface area contributed by atoms with E-state index in [0.29, 0.717) is 18.8 Å². The molecule has 4 nitrogen and oxygen atoms in total. The van der Waals surface area contributed by atoms with Crippen molar-refractivity contribution in [2.24, 2.45) is 5.92 Å². The largest absolute Gasteiger partial charge is 0.381 e. The van der Waals surface area contributed by atoms with Gasteiger partial charge >= 0.3 is 0 Å². The molecule has 2 aliphatic rings. The maximum absolute atomic E-state index is 13.5. The second kappa shape index (κ2) is 6.30. The molecule has 2 heterocycles. The van der Waals surface area contributed by atoms with Gasteiger partial charge in [-0.25, -0.2) is 8.78 Å². The van der Waals surface area contributed by atoms with Crippen molar-refractivity contribution in [3.05, 3.63) is 35.4 Å². The van der Waals surface area contributed by atoms with E-state index in [1.165, 1.54) is 6.07 Å². The number of likely N-dealkylation sites (tertiary alicyclic amines) is 1. The number of ether oxygens (including phenoxy) is 1. The molecule has 1 aromatic carbocycles. The molecule has 2 saturated heterocycles. The highest BCUT2D eigenvalue weighted by Gasteiger charge is 2.36. The summed E-state index contributed by atoms with van der Waals surface area (Å²) in [5, 5.41) is 3.06. The molecule has 3 rings (SSSR count). The van der Waals surface area contributed by atoms with E-state index in [-0.39, 0.29) is 23.9 Å². The molecule has 0 aliphatic carbocycles. The van der Waals surface area contributed by atoms with Crippen LogP contribution in [0.25, 0.3) is 0 Å². The predicted molar refractivity (Wildman–Crippen MR) is 77.2 cm³/mol. The lowest BCUT2D eigenvalue weighted by Gasteiger charge is -2.27. The van der Waals surface area contributed by atoms with Gasteiger partial charge in [0.1, 0.15) is 0 Å². The molecule has 1 amide bonds. The van der Waals surface area contributed by atoms with Crippen molar-refractivity contribution >= 4 is 5.91 Å². The Hall–Kier alpha value is -1.53. The summed E-state index contributed by atoms with van der Waals surface area (Å²) in [6.07, 6.45) is 1.53. The second-order valence-electron chi connectivity index (χ2n) is 6.06. The number of nitrogens with one attached hydrogen (secondary N) is 1. The van der Waals surface area contributed by atoms with Crippen LogP contribution in [0.1, 0.15) is 24.4 Å². The van der Waals surface area contributed by atoms with Crippen LogP contribution < -0.4 is 5.32 Å². The van der Waals surface area contributed by atoms with E-state index in [2.05, 4.69) is 10.2 Å². The summed E-state index contributed by atoms with van der Waals surface area (Å²) < 4.78 is 31.9. The van der Waals surface area contributed by atoms with Crippen molar-refractivity contribution in [3.8, 4) is 0 Å². The zero-order valence-corrected chi connectivity index (χ0v) is 12.5. The van der Waals surface area contributed by atoms with Gasteiger partial charge in [0.05, 0.1) is 18.6 Å². The monoisotopic (exact) mass is 310 g/mol. The first-order valence-corrected chi connectivity index (χ1v) is 7.59. The summed E-state index contributed by atoms with van der Waals surface area (Å²) in [4.78, 5) is 14.3. The van der Waals surface area contributed by atoms with Crippen LogP contribution in [0.4, 0.5) is 8.78 Å². The number of likely N-dealkylation sites (N-methyl/N-ethyl adjacent to an activating group) is 1. The Morgan fingerprint density at radius 3 is 2.82 bits per heavy atom. The topological polar surface area (TPSA) is 41.6 Å². The van der Waals surface area contributed by atoms with Crippen LogP contribution in [0.5, 0.6) is 0 Å². The standard InChI is InChI=1S/C16H20F2N2O2/c1-20-6-4-14(19-16(21)11-5-7-22-9-11)15(20)10-2-3-12(17)13(18)8-10/h2-3,8,11,14-15H,4-7,9H2,1H3,(H,19,21)/t11-,14+,15+/m1/s1. The summed E-state index contributed by atoms with van der Waals surface area (Å²) in [5.74, 6) is -1.82. The maximum Gasteiger partial charge on any atom is 0.225 e. The minimum atomic E-state index is -0.855. The molecule has 2 aliphatic heterocycles. The first kappa shape index (κ1) is 15.4. The molecule has 6 heteroatoms. The van der Waals surface area contributed by atoms with Gasteiger partial charge in [-0.3, -0.25) is 9.69 Å². The highest BCUT2D eigenvalue weighted by Crippen LogP contribution is 2.32. The summed E-state index contributed by atoms with van der Waals surface area (Å²) >= 11 is 0. The van der Waals surface area contributed by atoms with Crippen LogP contribution in [-0.2, 0) is 9.53 Å². The van der Waals surface area contributed by atoms with Crippen LogP contribution in [0, 0.1) is 17.6 Å². The van der Waals surface area contributed by atoms with Gasteiger partial charge in [0, 0.05) is 19.2 Å². The van der Waals surface area contributed by atoms with Gasteiger partial charge in [0.2, 0.25) is 5.91 Å². The molecule has 0 unspecified atom stereocenters. The first-order chi connectivity index (χ1) is 10.6. The van der Waals surface area contributed by atoms with Gasteiger partial charge in [-0.1, -0.05) is 6.07 Å². The number of rotatable bonds is 3. The van der Waals surface area contributed by atoms with Crippen molar-refractivity contribution in [1.29, 1.82) is 0 Å². The number of benzene rings is 1. The average Bonchev–Trinajstić information content (AvgIpc) is 3.13. The molecule has 0 radical (unpaired) electrons. The second-order valence-corrected chi connectivity index (χ2v) is 6.06. The van der Waals surface area contributed by atoms with Gasteiger partial charge < -0.3 is 10.1 Å². The van der Waals surface area contributed by atoms with Crippen molar-refractivity contribution < 1.29 is 18.3 Å². The molecule has 120 valence electrons. The summed E-state index contributed by atoms with van der Waals surface area (Å²) in [6, 6.07) is 3.72. The molecule has 0 bridgehead atoms. The van der Waals surface area contributed by atoms with Crippen molar-refractivity contribution in [1.82, 2.24) is 10.2 Å². The van der Waals surface area contributed by atoms with Crippen LogP contribution >= 0.6 is 0 Å². The Labute approximate surface area is 128 Å². The summed E-state index contributed by atoms with van der Waals surface area (Å²) in [5.41, 5.74) is 0.687. The van der Waals surface area contributed by atoms with E-state index in [0.717, 1.165) is 25.5 Å². The SMILES string of the molecule is CN1CC[C@H](NC(=O)[C@@H]2CCOC2)[C@@H]1c1ccc(F)c(F)c1. The third-order valence-corrected chi connectivity index (χ3v) is 4.56. The van der Waals surface area contributed by atoms with E-state index in [1.807, 2.05) is 7.05 Å². The Morgan fingerprint density at radius 2 is 2.14 bits per heavy atom.